The first-order chi connectivity index (χ1) is 6.57. The van der Waals surface area contributed by atoms with Crippen molar-refractivity contribution in [1.82, 2.24) is 5.32 Å². The van der Waals surface area contributed by atoms with Gasteiger partial charge in [0.25, 0.3) is 0 Å². The Morgan fingerprint density at radius 1 is 1.50 bits per heavy atom. The van der Waals surface area contributed by atoms with E-state index in [4.69, 9.17) is 9.84 Å². The summed E-state index contributed by atoms with van der Waals surface area (Å²) in [5.74, 6) is -1.13. The molecule has 2 N–H and O–H groups in total. The number of aliphatic carboxylic acids is 1. The van der Waals surface area contributed by atoms with Crippen LogP contribution in [0, 0.1) is 0 Å². The highest BCUT2D eigenvalue weighted by molar-refractivity contribution is 5.75. The van der Waals surface area contributed by atoms with Crippen LogP contribution in [0.5, 0.6) is 0 Å². The van der Waals surface area contributed by atoms with Crippen molar-refractivity contribution in [2.75, 3.05) is 13.2 Å². The molecule has 0 aromatic heterocycles. The van der Waals surface area contributed by atoms with Crippen molar-refractivity contribution >= 4 is 11.9 Å². The molecule has 0 radical (unpaired) electrons. The number of rotatable bonds is 7. The largest absolute Gasteiger partial charge is 0.481 e. The van der Waals surface area contributed by atoms with Crippen LogP contribution in [0.1, 0.15) is 26.7 Å². The van der Waals surface area contributed by atoms with Crippen LogP contribution in [0.15, 0.2) is 0 Å². The van der Waals surface area contributed by atoms with Gasteiger partial charge in [-0.1, -0.05) is 0 Å². The van der Waals surface area contributed by atoms with Gasteiger partial charge >= 0.3 is 11.9 Å². The van der Waals surface area contributed by atoms with E-state index in [0.717, 1.165) is 0 Å². The van der Waals surface area contributed by atoms with Gasteiger partial charge in [-0.3, -0.25) is 9.59 Å². The van der Waals surface area contributed by atoms with Crippen LogP contribution in [0.4, 0.5) is 0 Å². The third-order valence-electron chi connectivity index (χ3n) is 1.66. The van der Waals surface area contributed by atoms with Gasteiger partial charge in [0.05, 0.1) is 6.61 Å². The molecule has 0 aliphatic heterocycles. The molecule has 0 aliphatic rings. The van der Waals surface area contributed by atoms with Crippen LogP contribution in [-0.2, 0) is 14.3 Å². The van der Waals surface area contributed by atoms with Gasteiger partial charge in [-0.2, -0.15) is 0 Å². The second-order valence-electron chi connectivity index (χ2n) is 2.93. The second-order valence-corrected chi connectivity index (χ2v) is 2.93. The van der Waals surface area contributed by atoms with E-state index in [-0.39, 0.29) is 18.4 Å². The monoisotopic (exact) mass is 203 g/mol. The molecule has 82 valence electrons. The molecule has 0 amide bonds. The molecule has 0 heterocycles. The number of hydrogen-bond donors (Lipinski definition) is 2. The van der Waals surface area contributed by atoms with Crippen molar-refractivity contribution in [2.24, 2.45) is 0 Å². The number of esters is 1. The third kappa shape index (κ3) is 6.42. The highest BCUT2D eigenvalue weighted by atomic mass is 16.5. The molecular weight excluding hydrogens is 186 g/mol. The minimum absolute atomic E-state index is 0.114. The second kappa shape index (κ2) is 7.32. The lowest BCUT2D eigenvalue weighted by Gasteiger charge is -2.11. The zero-order valence-electron chi connectivity index (χ0n) is 8.58. The molecule has 0 bridgehead atoms. The Morgan fingerprint density at radius 2 is 2.14 bits per heavy atom. The number of carboxylic acids is 1. The molecule has 5 nitrogen and oxygen atoms in total. The summed E-state index contributed by atoms with van der Waals surface area (Å²) < 4.78 is 4.76. The minimum atomic E-state index is -0.824. The van der Waals surface area contributed by atoms with Crippen LogP contribution in [0.2, 0.25) is 0 Å². The number of carboxylic acid groups (broad SMARTS) is 1. The van der Waals surface area contributed by atoms with Gasteiger partial charge < -0.3 is 15.2 Å². The fourth-order valence-corrected chi connectivity index (χ4v) is 0.909. The van der Waals surface area contributed by atoms with Crippen molar-refractivity contribution in [2.45, 2.75) is 32.7 Å². The molecule has 1 atom stereocenters. The van der Waals surface area contributed by atoms with E-state index in [1.54, 1.807) is 13.8 Å². The summed E-state index contributed by atoms with van der Waals surface area (Å²) in [6, 6.07) is -0.372. The molecule has 14 heavy (non-hydrogen) atoms. The van der Waals surface area contributed by atoms with Crippen LogP contribution >= 0.6 is 0 Å². The fraction of sp³-hybridized carbons (Fsp3) is 0.778. The van der Waals surface area contributed by atoms with Crippen molar-refractivity contribution in [1.29, 1.82) is 0 Å². The molecular formula is C9H17NO4. The Morgan fingerprint density at radius 3 is 2.64 bits per heavy atom. The van der Waals surface area contributed by atoms with Gasteiger partial charge in [-0.15, -0.1) is 0 Å². The lowest BCUT2D eigenvalue weighted by Crippen LogP contribution is -2.36. The topological polar surface area (TPSA) is 75.6 Å². The predicted octanol–water partition coefficient (Wildman–Crippen LogP) is 0.392. The normalized spacial score (nSPS) is 12.1. The average molecular weight is 203 g/mol. The lowest BCUT2D eigenvalue weighted by molar-refractivity contribution is -0.145. The number of hydrogen-bond acceptors (Lipinski definition) is 4. The molecule has 0 rings (SSSR count). The standard InChI is InChI=1S/C9H17NO4/c1-3-14-9(13)7(2)10-6-4-5-8(11)12/h7,10H,3-6H2,1-2H3,(H,11,12)/t7-/m0/s1. The molecule has 0 fully saturated rings. The molecule has 0 aromatic rings. The smallest absolute Gasteiger partial charge is 0.322 e. The minimum Gasteiger partial charge on any atom is -0.481 e. The first kappa shape index (κ1) is 12.9. The lowest BCUT2D eigenvalue weighted by atomic mass is 10.3. The molecule has 5 heteroatoms. The maximum atomic E-state index is 11.1. The molecule has 0 unspecified atom stereocenters. The SMILES string of the molecule is CCOC(=O)[C@H](C)NCCCC(=O)O. The van der Waals surface area contributed by atoms with Crippen LogP contribution in [0.3, 0.4) is 0 Å². The van der Waals surface area contributed by atoms with E-state index in [1.165, 1.54) is 0 Å². The summed E-state index contributed by atoms with van der Waals surface area (Å²) in [5.41, 5.74) is 0. The Labute approximate surface area is 83.4 Å². The molecule has 0 spiro atoms. The number of ether oxygens (including phenoxy) is 1. The van der Waals surface area contributed by atoms with E-state index < -0.39 is 5.97 Å². The van der Waals surface area contributed by atoms with Crippen LogP contribution < -0.4 is 5.32 Å². The number of carbonyl (C=O) groups is 2. The van der Waals surface area contributed by atoms with Gasteiger partial charge in [0.15, 0.2) is 0 Å². The summed E-state index contributed by atoms with van der Waals surface area (Å²) in [6.45, 7) is 4.31. The summed E-state index contributed by atoms with van der Waals surface area (Å²) >= 11 is 0. The van der Waals surface area contributed by atoms with E-state index in [1.807, 2.05) is 0 Å². The Balaban J connectivity index is 3.48. The van der Waals surface area contributed by atoms with Crippen LogP contribution in [-0.4, -0.2) is 36.2 Å². The quantitative estimate of drug-likeness (QED) is 0.462. The van der Waals surface area contributed by atoms with Gasteiger partial charge in [0.1, 0.15) is 6.04 Å². The van der Waals surface area contributed by atoms with E-state index in [0.29, 0.717) is 19.6 Å². The molecule has 0 saturated carbocycles. The van der Waals surface area contributed by atoms with Gasteiger partial charge in [0, 0.05) is 6.42 Å². The predicted molar refractivity (Wildman–Crippen MR) is 51.0 cm³/mol. The zero-order valence-corrected chi connectivity index (χ0v) is 8.58. The highest BCUT2D eigenvalue weighted by Crippen LogP contribution is 1.91. The van der Waals surface area contributed by atoms with E-state index >= 15 is 0 Å². The van der Waals surface area contributed by atoms with Crippen molar-refractivity contribution < 1.29 is 19.4 Å². The van der Waals surface area contributed by atoms with Crippen molar-refractivity contribution in [3.05, 3.63) is 0 Å². The maximum Gasteiger partial charge on any atom is 0.322 e. The summed E-state index contributed by atoms with van der Waals surface area (Å²) in [5, 5.41) is 11.2. The number of nitrogens with one attached hydrogen (secondary N) is 1. The van der Waals surface area contributed by atoms with Crippen LogP contribution in [0.25, 0.3) is 0 Å². The Kier molecular flexibility index (Phi) is 6.74. The van der Waals surface area contributed by atoms with Gasteiger partial charge in [-0.25, -0.2) is 0 Å². The fourth-order valence-electron chi connectivity index (χ4n) is 0.909. The molecule has 0 aromatic carbocycles. The first-order valence-corrected chi connectivity index (χ1v) is 4.69. The Bertz CT molecular complexity index is 193. The van der Waals surface area contributed by atoms with Gasteiger partial charge in [0.2, 0.25) is 0 Å². The zero-order chi connectivity index (χ0) is 11.0. The summed E-state index contributed by atoms with van der Waals surface area (Å²) in [7, 11) is 0. The number of carbonyl (C=O) groups excluding carboxylic acids is 1. The third-order valence-corrected chi connectivity index (χ3v) is 1.66. The summed E-state index contributed by atoms with van der Waals surface area (Å²) in [4.78, 5) is 21.2. The molecule has 0 saturated heterocycles. The van der Waals surface area contributed by atoms with E-state index in [9.17, 15) is 9.59 Å². The van der Waals surface area contributed by atoms with Gasteiger partial charge in [-0.05, 0) is 26.8 Å². The maximum absolute atomic E-state index is 11.1. The Hall–Kier alpha value is -1.10. The molecule has 0 aliphatic carbocycles. The highest BCUT2D eigenvalue weighted by Gasteiger charge is 2.12. The first-order valence-electron chi connectivity index (χ1n) is 4.69. The van der Waals surface area contributed by atoms with Crippen molar-refractivity contribution in [3.63, 3.8) is 0 Å². The van der Waals surface area contributed by atoms with E-state index in [2.05, 4.69) is 5.32 Å². The summed E-state index contributed by atoms with van der Waals surface area (Å²) in [6.07, 6.45) is 0.627. The average Bonchev–Trinajstić information content (AvgIpc) is 2.12. The van der Waals surface area contributed by atoms with Crippen molar-refractivity contribution in [3.8, 4) is 0 Å².